The van der Waals surface area contributed by atoms with E-state index in [2.05, 4.69) is 23.5 Å². The number of nitrogens with one attached hydrogen (secondary N) is 1. The first-order chi connectivity index (χ1) is 36.6. The topological polar surface area (TPSA) is 339 Å². The van der Waals surface area contributed by atoms with Crippen molar-refractivity contribution in [1.29, 1.82) is 0 Å². The Labute approximate surface area is 449 Å². The van der Waals surface area contributed by atoms with Crippen molar-refractivity contribution < 1.29 is 98.3 Å². The fourth-order valence-corrected chi connectivity index (χ4v) is 8.68. The molecule has 10 N–H and O–H groups in total. The smallest absolute Gasteiger partial charge is 0.462 e. The summed E-state index contributed by atoms with van der Waals surface area (Å²) < 4.78 is 39.4. The average Bonchev–Trinajstić information content (AvgIpc) is 3.37. The molecule has 77 heavy (non-hydrogen) atoms. The summed E-state index contributed by atoms with van der Waals surface area (Å²) in [4.78, 5) is 54.0. The highest BCUT2D eigenvalue weighted by molar-refractivity contribution is 5.70. The number of carbonyl (C=O) groups is 3. The molecule has 430 valence electrons. The lowest BCUT2D eigenvalue weighted by molar-refractivity contribution is -0.302. The van der Waals surface area contributed by atoms with Crippen LogP contribution in [0.1, 0.15) is 79.1 Å². The van der Waals surface area contributed by atoms with Crippen LogP contribution in [-0.2, 0) is 42.7 Å². The molecule has 0 aromatic rings. The molecule has 3 heterocycles. The fraction of sp³-hybridized carbons (Fsp3) is 0.600. The predicted molar refractivity (Wildman–Crippen MR) is 279 cm³/mol. The highest BCUT2D eigenvalue weighted by Gasteiger charge is 2.51. The van der Waals surface area contributed by atoms with E-state index in [0.29, 0.717) is 0 Å². The number of alkyl carbamates (subject to hydrolysis) is 1. The summed E-state index contributed by atoms with van der Waals surface area (Å²) in [5.74, 6) is -3.95. The summed E-state index contributed by atoms with van der Waals surface area (Å²) >= 11 is 0. The number of nitrogens with zero attached hydrogens (tertiary/aromatic N) is 1. The van der Waals surface area contributed by atoms with Gasteiger partial charge in [-0.2, -0.15) is 4.99 Å². The van der Waals surface area contributed by atoms with Gasteiger partial charge in [0.2, 0.25) is 6.08 Å². The molecule has 22 heteroatoms. The molecule has 0 saturated carbocycles. The van der Waals surface area contributed by atoms with Gasteiger partial charge in [-0.3, -0.25) is 4.79 Å². The largest absolute Gasteiger partial charge is 0.508 e. The number of isocyanates is 1. The number of hydrogen-bond donors (Lipinski definition) is 10. The molecule has 3 aliphatic rings. The van der Waals surface area contributed by atoms with E-state index in [-0.39, 0.29) is 44.8 Å². The van der Waals surface area contributed by atoms with Gasteiger partial charge in [-0.15, -0.1) is 0 Å². The number of amides is 1. The molecule has 3 rings (SSSR count). The summed E-state index contributed by atoms with van der Waals surface area (Å²) in [6, 6.07) is -2.79. The average molecular weight is 1090 g/mol. The molecule has 2 saturated heterocycles. The van der Waals surface area contributed by atoms with E-state index in [0.717, 1.165) is 0 Å². The van der Waals surface area contributed by atoms with Crippen LogP contribution in [0.5, 0.6) is 0 Å². The molecule has 22 nitrogen and oxygen atoms in total. The first kappa shape index (κ1) is 65.9. The van der Waals surface area contributed by atoms with Crippen LogP contribution >= 0.6 is 0 Å². The molecule has 3 aliphatic heterocycles. The number of cyclic esters (lactones) is 1. The summed E-state index contributed by atoms with van der Waals surface area (Å²) in [5.41, 5.74) is 0. The molecule has 0 aliphatic carbocycles. The SMILES string of the molecule is C=CCOC(=O)NC1C(O)C(C)OC(OC2/C=C/C=C/C=C/C=C/C=C/C=C/C=C/C(C)C(O)C(C)C(C)OC(=O)CC(O)CC(O)CCC(O)C(O)CC(O)CC3(O)CC(OC(=O)OCC=C)C(N=C=O)C(C2)O3)C1O. The zero-order valence-corrected chi connectivity index (χ0v) is 44.1. The molecule has 0 aromatic heterocycles. The first-order valence-corrected chi connectivity index (χ1v) is 25.7. The summed E-state index contributed by atoms with van der Waals surface area (Å²) in [6.45, 7) is 13.2. The zero-order valence-electron chi connectivity index (χ0n) is 44.1. The maximum atomic E-state index is 12.9. The Kier molecular flexibility index (Phi) is 29.5. The third-order valence-corrected chi connectivity index (χ3v) is 13.0. The number of carbonyl (C=O) groups excluding carboxylic acids is 4. The van der Waals surface area contributed by atoms with Gasteiger partial charge in [0.1, 0.15) is 43.7 Å². The van der Waals surface area contributed by atoms with E-state index in [1.807, 2.05) is 13.0 Å². The maximum Gasteiger partial charge on any atom is 0.508 e. The van der Waals surface area contributed by atoms with E-state index in [9.17, 15) is 65.1 Å². The maximum absolute atomic E-state index is 12.9. The summed E-state index contributed by atoms with van der Waals surface area (Å²) in [7, 11) is 0. The van der Waals surface area contributed by atoms with Crippen molar-refractivity contribution in [3.8, 4) is 0 Å². The van der Waals surface area contributed by atoms with Crippen molar-refractivity contribution in [2.24, 2.45) is 16.8 Å². The Balaban J connectivity index is 2.02. The van der Waals surface area contributed by atoms with Crippen molar-refractivity contribution in [3.63, 3.8) is 0 Å². The van der Waals surface area contributed by atoms with E-state index in [1.54, 1.807) is 86.8 Å². The molecule has 1 amide bonds. The van der Waals surface area contributed by atoms with E-state index in [4.69, 9.17) is 33.2 Å². The molecule has 19 atom stereocenters. The van der Waals surface area contributed by atoms with Gasteiger partial charge in [-0.1, -0.05) is 124 Å². The summed E-state index contributed by atoms with van der Waals surface area (Å²) in [6.07, 6.45) is 3.71. The number of hydrogen-bond acceptors (Lipinski definition) is 21. The normalized spacial score (nSPS) is 39.7. The zero-order chi connectivity index (χ0) is 57.1. The van der Waals surface area contributed by atoms with Gasteiger partial charge in [0, 0.05) is 37.5 Å². The van der Waals surface area contributed by atoms with Crippen LogP contribution < -0.4 is 5.32 Å². The second kappa shape index (κ2) is 34.5. The van der Waals surface area contributed by atoms with Gasteiger partial charge < -0.3 is 84.4 Å². The third kappa shape index (κ3) is 23.6. The molecule has 0 spiro atoms. The van der Waals surface area contributed by atoms with Gasteiger partial charge in [0.25, 0.3) is 0 Å². The Hall–Kier alpha value is -5.43. The quantitative estimate of drug-likeness (QED) is 0.0521. The fourth-order valence-electron chi connectivity index (χ4n) is 8.68. The van der Waals surface area contributed by atoms with Crippen molar-refractivity contribution in [1.82, 2.24) is 5.32 Å². The Morgan fingerprint density at radius 2 is 1.34 bits per heavy atom. The number of aliphatic hydroxyl groups excluding tert-OH is 8. The predicted octanol–water partition coefficient (Wildman–Crippen LogP) is 3.02. The van der Waals surface area contributed by atoms with Gasteiger partial charge in [0.05, 0.1) is 67.4 Å². The minimum atomic E-state index is -2.42. The van der Waals surface area contributed by atoms with Crippen LogP contribution in [0, 0.1) is 11.8 Å². The Morgan fingerprint density at radius 3 is 1.95 bits per heavy atom. The van der Waals surface area contributed by atoms with Crippen LogP contribution in [0.25, 0.3) is 0 Å². The van der Waals surface area contributed by atoms with Gasteiger partial charge in [-0.25, -0.2) is 14.4 Å². The van der Waals surface area contributed by atoms with E-state index < -0.39 is 153 Å². The molecular weight excluding hydrogens is 1010 g/mol. The minimum absolute atomic E-state index is 0.144. The van der Waals surface area contributed by atoms with E-state index >= 15 is 0 Å². The first-order valence-electron chi connectivity index (χ1n) is 25.7. The highest BCUT2D eigenvalue weighted by atomic mass is 16.7. The number of ether oxygens (including phenoxy) is 7. The van der Waals surface area contributed by atoms with E-state index in [1.165, 1.54) is 31.2 Å². The number of esters is 1. The van der Waals surface area contributed by atoms with Gasteiger partial charge >= 0.3 is 18.2 Å². The van der Waals surface area contributed by atoms with Gasteiger partial charge in [-0.05, 0) is 33.1 Å². The monoisotopic (exact) mass is 1090 g/mol. The van der Waals surface area contributed by atoms with Crippen LogP contribution in [0.2, 0.25) is 0 Å². The highest BCUT2D eigenvalue weighted by Crippen LogP contribution is 2.38. The molecule has 19 unspecified atom stereocenters. The third-order valence-electron chi connectivity index (χ3n) is 13.0. The van der Waals surface area contributed by atoms with Crippen LogP contribution in [0.4, 0.5) is 9.59 Å². The number of aliphatic hydroxyl groups is 9. The Bertz CT molecular complexity index is 2100. The number of fused-ring (bicyclic) bond motifs is 2. The van der Waals surface area contributed by atoms with Crippen molar-refractivity contribution in [2.75, 3.05) is 13.2 Å². The number of rotatable bonds is 9. The lowest BCUT2D eigenvalue weighted by Crippen LogP contribution is -2.64. The summed E-state index contributed by atoms with van der Waals surface area (Å²) in [5, 5.41) is 102. The minimum Gasteiger partial charge on any atom is -0.462 e. The number of aliphatic imine (C=N–C) groups is 1. The van der Waals surface area contributed by atoms with Crippen LogP contribution in [0.3, 0.4) is 0 Å². The molecular formula is C55H80N2O20. The lowest BCUT2D eigenvalue weighted by atomic mass is 9.87. The number of allylic oxidation sites excluding steroid dienone is 12. The van der Waals surface area contributed by atoms with Crippen molar-refractivity contribution >= 4 is 24.3 Å². The molecule has 2 bridgehead atoms. The Morgan fingerprint density at radius 1 is 0.740 bits per heavy atom. The van der Waals surface area contributed by atoms with Crippen molar-refractivity contribution in [3.05, 3.63) is 110 Å². The van der Waals surface area contributed by atoms with Crippen molar-refractivity contribution in [2.45, 2.75) is 183 Å². The molecule has 0 aromatic carbocycles. The molecule has 0 radical (unpaired) electrons. The lowest BCUT2D eigenvalue weighted by Gasteiger charge is -2.45. The standard InChI is InChI=1S/C55H80N2O20/c1-7-25-71-53(68)57-48-50(66)37(6)74-52(51(48)67)75-41-22-20-18-16-14-12-10-9-11-13-15-17-19-21-34(3)49(65)35(4)36(5)73-46(64)29-39(60)27-38(59)23-24-42(62)43(63)28-40(61)31-55(70)32-45(76-54(69)72-26-8-2)47(56-33-58)44(30-41)77-55/h7-22,34-45,47-52,59-63,65-67,70H,1-2,23-32H2,3-6H3,(H,57,68)/b10-9+,13-11+,14-12+,17-15+,18-16+,21-19+,22-20+. The van der Waals surface area contributed by atoms with Gasteiger partial charge in [0.15, 0.2) is 12.1 Å². The second-order valence-corrected chi connectivity index (χ2v) is 19.3. The van der Waals surface area contributed by atoms with Crippen LogP contribution in [0.15, 0.2) is 115 Å². The second-order valence-electron chi connectivity index (χ2n) is 19.3. The van der Waals surface area contributed by atoms with Crippen LogP contribution in [-0.4, -0.2) is 187 Å². The molecule has 2 fully saturated rings.